The first-order valence-corrected chi connectivity index (χ1v) is 7.63. The molecule has 0 spiro atoms. The Morgan fingerprint density at radius 2 is 1.39 bits per heavy atom. The highest BCUT2D eigenvalue weighted by Crippen LogP contribution is 2.30. The van der Waals surface area contributed by atoms with Crippen molar-refractivity contribution < 1.29 is 24.2 Å². The number of ether oxygens (including phenoxy) is 1. The zero-order valence-electron chi connectivity index (χ0n) is 12.5. The molecule has 3 rings (SSSR count). The summed E-state index contributed by atoms with van der Waals surface area (Å²) in [6, 6.07) is 6.80. The van der Waals surface area contributed by atoms with Crippen LogP contribution in [-0.2, 0) is 19.1 Å². The van der Waals surface area contributed by atoms with E-state index < -0.39 is 18.2 Å². The highest BCUT2D eigenvalue weighted by molar-refractivity contribution is 5.96. The number of rotatable bonds is 5. The number of carbonyl (C=O) groups is 3. The summed E-state index contributed by atoms with van der Waals surface area (Å²) in [5.74, 6) is -1.24. The van der Waals surface area contributed by atoms with Gasteiger partial charge in [-0.3, -0.25) is 9.59 Å². The van der Waals surface area contributed by atoms with Gasteiger partial charge >= 0.3 is 5.97 Å². The summed E-state index contributed by atoms with van der Waals surface area (Å²) in [5, 5.41) is 14.4. The first-order chi connectivity index (χ1) is 11.0. The molecule has 2 atom stereocenters. The number of hydrogen-bond acceptors (Lipinski definition) is 4. The normalized spacial score (nSPS) is 23.3. The predicted molar refractivity (Wildman–Crippen MR) is 82.0 cm³/mol. The number of amides is 2. The minimum absolute atomic E-state index is 0.0286. The van der Waals surface area contributed by atoms with Gasteiger partial charge < -0.3 is 20.5 Å². The third-order valence-corrected chi connectivity index (χ3v) is 3.96. The van der Waals surface area contributed by atoms with Gasteiger partial charge in [0.2, 0.25) is 5.91 Å². The van der Waals surface area contributed by atoms with Crippen LogP contribution >= 0.6 is 0 Å². The van der Waals surface area contributed by atoms with Gasteiger partial charge in [-0.15, -0.1) is 0 Å². The van der Waals surface area contributed by atoms with Crippen molar-refractivity contribution in [2.45, 2.75) is 37.9 Å². The molecule has 7 nitrogen and oxygen atoms in total. The first-order valence-electron chi connectivity index (χ1n) is 7.63. The summed E-state index contributed by atoms with van der Waals surface area (Å²) in [5.41, 5.74) is 1.25. The van der Waals surface area contributed by atoms with E-state index in [2.05, 4.69) is 10.6 Å². The van der Waals surface area contributed by atoms with Gasteiger partial charge in [-0.1, -0.05) is 0 Å². The molecule has 23 heavy (non-hydrogen) atoms. The van der Waals surface area contributed by atoms with Crippen molar-refractivity contribution >= 4 is 29.2 Å². The minimum Gasteiger partial charge on any atom is -0.479 e. The third kappa shape index (κ3) is 3.87. The van der Waals surface area contributed by atoms with Gasteiger partial charge in [0, 0.05) is 17.3 Å². The number of carboxylic acids is 1. The Morgan fingerprint density at radius 1 is 0.870 bits per heavy atom. The largest absolute Gasteiger partial charge is 0.479 e. The summed E-state index contributed by atoms with van der Waals surface area (Å²) in [6.07, 6.45) is 0.950. The summed E-state index contributed by atoms with van der Waals surface area (Å²) in [6.45, 7) is 0. The van der Waals surface area contributed by atoms with Gasteiger partial charge in [0.05, 0.1) is 0 Å². The molecule has 1 aliphatic heterocycles. The van der Waals surface area contributed by atoms with E-state index in [0.29, 0.717) is 24.2 Å². The second-order valence-corrected chi connectivity index (χ2v) is 5.86. The van der Waals surface area contributed by atoms with E-state index in [1.165, 1.54) is 0 Å². The van der Waals surface area contributed by atoms with Crippen LogP contribution in [0.4, 0.5) is 11.4 Å². The number of nitrogens with one attached hydrogen (secondary N) is 2. The number of carbonyl (C=O) groups excluding carboxylic acids is 2. The van der Waals surface area contributed by atoms with Crippen molar-refractivity contribution in [2.24, 2.45) is 5.92 Å². The highest BCUT2D eigenvalue weighted by Gasteiger charge is 2.34. The summed E-state index contributed by atoms with van der Waals surface area (Å²) < 4.78 is 5.20. The topological polar surface area (TPSA) is 105 Å². The van der Waals surface area contributed by atoms with Crippen LogP contribution in [0.5, 0.6) is 0 Å². The molecule has 7 heteroatoms. The molecule has 1 saturated heterocycles. The first kappa shape index (κ1) is 15.5. The predicted octanol–water partition coefficient (Wildman–Crippen LogP) is 1.61. The Balaban J connectivity index is 1.52. The highest BCUT2D eigenvalue weighted by atomic mass is 16.5. The summed E-state index contributed by atoms with van der Waals surface area (Å²) in [7, 11) is 0. The molecule has 0 bridgehead atoms. The molecule has 1 aliphatic carbocycles. The molecular formula is C16H18N2O5. The fourth-order valence-corrected chi connectivity index (χ4v) is 2.46. The Hall–Kier alpha value is -2.41. The van der Waals surface area contributed by atoms with Crippen molar-refractivity contribution in [1.29, 1.82) is 0 Å². The lowest BCUT2D eigenvalue weighted by molar-refractivity contribution is -0.150. The van der Waals surface area contributed by atoms with Gasteiger partial charge in [0.1, 0.15) is 6.10 Å². The smallest absolute Gasteiger partial charge is 0.332 e. The van der Waals surface area contributed by atoms with E-state index in [1.807, 2.05) is 0 Å². The number of aliphatic carboxylic acids is 1. The maximum Gasteiger partial charge on any atom is 0.332 e. The molecular weight excluding hydrogens is 300 g/mol. The lowest BCUT2D eigenvalue weighted by Crippen LogP contribution is -2.29. The van der Waals surface area contributed by atoms with Crippen LogP contribution < -0.4 is 10.6 Å². The van der Waals surface area contributed by atoms with E-state index in [1.54, 1.807) is 24.3 Å². The molecule has 1 aromatic rings. The Morgan fingerprint density at radius 3 is 1.87 bits per heavy atom. The standard InChI is InChI=1S/C16H18N2O5/c19-14(9-1-2-9)17-10-3-5-11(6-4-10)18-15(20)12-7-8-13(23-12)16(21)22/h3-6,9,12-13H,1-2,7-8H2,(H,17,19)(H,18,20)(H,21,22)/t12-,13+/m0/s1. The second kappa shape index (κ2) is 6.37. The van der Waals surface area contributed by atoms with Crippen LogP contribution in [0.1, 0.15) is 25.7 Å². The minimum atomic E-state index is -1.05. The molecule has 1 heterocycles. The Kier molecular flexibility index (Phi) is 4.29. The molecule has 0 unspecified atom stereocenters. The average Bonchev–Trinajstić information content (AvgIpc) is 3.25. The van der Waals surface area contributed by atoms with E-state index in [0.717, 1.165) is 12.8 Å². The maximum absolute atomic E-state index is 12.0. The monoisotopic (exact) mass is 318 g/mol. The van der Waals surface area contributed by atoms with Crippen LogP contribution in [0.25, 0.3) is 0 Å². The van der Waals surface area contributed by atoms with Crippen LogP contribution in [0.3, 0.4) is 0 Å². The molecule has 2 aliphatic rings. The van der Waals surface area contributed by atoms with Crippen LogP contribution in [0.15, 0.2) is 24.3 Å². The number of hydrogen-bond donors (Lipinski definition) is 3. The second-order valence-electron chi connectivity index (χ2n) is 5.86. The van der Waals surface area contributed by atoms with Gasteiger partial charge in [-0.05, 0) is 49.9 Å². The summed E-state index contributed by atoms with van der Waals surface area (Å²) in [4.78, 5) is 34.5. The molecule has 1 saturated carbocycles. The van der Waals surface area contributed by atoms with Crippen LogP contribution in [0, 0.1) is 5.92 Å². The van der Waals surface area contributed by atoms with Gasteiger partial charge in [-0.25, -0.2) is 4.79 Å². The van der Waals surface area contributed by atoms with E-state index in [4.69, 9.17) is 9.84 Å². The van der Waals surface area contributed by atoms with E-state index in [-0.39, 0.29) is 17.7 Å². The SMILES string of the molecule is O=C(Nc1ccc(NC(=O)[C@@H]2CC[C@H](C(=O)O)O2)cc1)C1CC1. The molecule has 0 radical (unpaired) electrons. The van der Waals surface area contributed by atoms with Gasteiger partial charge in [-0.2, -0.15) is 0 Å². The van der Waals surface area contributed by atoms with Crippen molar-refractivity contribution in [1.82, 2.24) is 0 Å². The number of carboxylic acid groups (broad SMARTS) is 1. The molecule has 1 aromatic carbocycles. The van der Waals surface area contributed by atoms with Crippen molar-refractivity contribution in [3.63, 3.8) is 0 Å². The van der Waals surface area contributed by atoms with Gasteiger partial charge in [0.15, 0.2) is 6.10 Å². The fraction of sp³-hybridized carbons (Fsp3) is 0.438. The lowest BCUT2D eigenvalue weighted by Gasteiger charge is -2.12. The Bertz CT molecular complexity index is 624. The quantitative estimate of drug-likeness (QED) is 0.765. The van der Waals surface area contributed by atoms with Crippen molar-refractivity contribution in [3.8, 4) is 0 Å². The Labute approximate surface area is 133 Å². The maximum atomic E-state index is 12.0. The van der Waals surface area contributed by atoms with Crippen LogP contribution in [-0.4, -0.2) is 35.1 Å². The fourth-order valence-electron chi connectivity index (χ4n) is 2.46. The van der Waals surface area contributed by atoms with E-state index >= 15 is 0 Å². The van der Waals surface area contributed by atoms with Gasteiger partial charge in [0.25, 0.3) is 5.91 Å². The molecule has 2 fully saturated rings. The number of benzene rings is 1. The molecule has 122 valence electrons. The van der Waals surface area contributed by atoms with E-state index in [9.17, 15) is 14.4 Å². The van der Waals surface area contributed by atoms with Crippen LogP contribution in [0.2, 0.25) is 0 Å². The third-order valence-electron chi connectivity index (χ3n) is 3.96. The molecule has 2 amide bonds. The van der Waals surface area contributed by atoms with Crippen molar-refractivity contribution in [3.05, 3.63) is 24.3 Å². The lowest BCUT2D eigenvalue weighted by atomic mass is 10.2. The molecule has 3 N–H and O–H groups in total. The van der Waals surface area contributed by atoms with Crippen molar-refractivity contribution in [2.75, 3.05) is 10.6 Å². The molecule has 0 aromatic heterocycles. The zero-order chi connectivity index (χ0) is 16.4. The number of anilines is 2. The summed E-state index contributed by atoms with van der Waals surface area (Å²) >= 11 is 0. The zero-order valence-corrected chi connectivity index (χ0v) is 12.5. The average molecular weight is 318 g/mol.